The summed E-state index contributed by atoms with van der Waals surface area (Å²) in [4.78, 5) is 21.3. The van der Waals surface area contributed by atoms with Crippen LogP contribution < -0.4 is 0 Å². The molecule has 0 aliphatic rings. The second-order valence-electron chi connectivity index (χ2n) is 5.76. The highest BCUT2D eigenvalue weighted by Crippen LogP contribution is 2.27. The fourth-order valence-corrected chi connectivity index (χ4v) is 2.75. The maximum atomic E-state index is 12.8. The van der Waals surface area contributed by atoms with Gasteiger partial charge < -0.3 is 9.26 Å². The molecule has 0 radical (unpaired) electrons. The second kappa shape index (κ2) is 6.76. The van der Waals surface area contributed by atoms with Crippen LogP contribution in [0.3, 0.4) is 0 Å². The van der Waals surface area contributed by atoms with Crippen LogP contribution in [0.25, 0.3) is 10.8 Å². The smallest absolute Gasteiger partial charge is 0.358 e. The SMILES string of the molecule is Cc1noc([C@@H](OC(=O)c2nccc3ccccc23)c2ccccc2)n1. The first-order valence-corrected chi connectivity index (χ1v) is 8.12. The van der Waals surface area contributed by atoms with Gasteiger partial charge in [0.25, 0.3) is 5.89 Å². The molecule has 4 rings (SSSR count). The van der Waals surface area contributed by atoms with E-state index >= 15 is 0 Å². The molecule has 0 spiro atoms. The fraction of sp³-hybridized carbons (Fsp3) is 0.100. The molecular weight excluding hydrogens is 330 g/mol. The first-order chi connectivity index (χ1) is 12.7. The van der Waals surface area contributed by atoms with Crippen molar-refractivity contribution in [2.75, 3.05) is 0 Å². The lowest BCUT2D eigenvalue weighted by Gasteiger charge is -2.15. The Bertz CT molecular complexity index is 1050. The standard InChI is InChI=1S/C20H15N3O3/c1-13-22-19(26-23-13)18(15-8-3-2-4-9-15)25-20(24)17-16-10-6-5-7-14(16)11-12-21-17/h2-12,18H,1H3/t18-/m0/s1. The number of fused-ring (bicyclic) bond motifs is 1. The molecule has 6 nitrogen and oxygen atoms in total. The third kappa shape index (κ3) is 3.04. The van der Waals surface area contributed by atoms with Crippen molar-refractivity contribution in [2.24, 2.45) is 0 Å². The minimum atomic E-state index is -0.800. The van der Waals surface area contributed by atoms with E-state index in [0.29, 0.717) is 5.82 Å². The largest absolute Gasteiger partial charge is 0.443 e. The zero-order valence-corrected chi connectivity index (χ0v) is 14.0. The molecule has 0 fully saturated rings. The summed E-state index contributed by atoms with van der Waals surface area (Å²) in [5.74, 6) is 0.147. The zero-order chi connectivity index (χ0) is 17.9. The number of esters is 1. The summed E-state index contributed by atoms with van der Waals surface area (Å²) in [6.07, 6.45) is 0.790. The van der Waals surface area contributed by atoms with Crippen molar-refractivity contribution >= 4 is 16.7 Å². The minimum absolute atomic E-state index is 0.224. The second-order valence-corrected chi connectivity index (χ2v) is 5.76. The number of ether oxygens (including phenoxy) is 1. The Hall–Kier alpha value is -3.54. The highest BCUT2D eigenvalue weighted by molar-refractivity contribution is 6.02. The van der Waals surface area contributed by atoms with E-state index in [4.69, 9.17) is 9.26 Å². The van der Waals surface area contributed by atoms with Crippen LogP contribution in [0, 0.1) is 6.92 Å². The van der Waals surface area contributed by atoms with Crippen molar-refractivity contribution in [1.82, 2.24) is 15.1 Å². The summed E-state index contributed by atoms with van der Waals surface area (Å²) in [6, 6.07) is 18.7. The molecule has 26 heavy (non-hydrogen) atoms. The number of hydrogen-bond acceptors (Lipinski definition) is 6. The number of aromatic nitrogens is 3. The summed E-state index contributed by atoms with van der Waals surface area (Å²) in [6.45, 7) is 1.71. The maximum Gasteiger partial charge on any atom is 0.358 e. The average molecular weight is 345 g/mol. The molecule has 0 aliphatic carbocycles. The van der Waals surface area contributed by atoms with Crippen LogP contribution in [0.2, 0.25) is 0 Å². The normalized spacial score (nSPS) is 12.0. The maximum absolute atomic E-state index is 12.8. The molecule has 128 valence electrons. The zero-order valence-electron chi connectivity index (χ0n) is 14.0. The van der Waals surface area contributed by atoms with Gasteiger partial charge in [0.2, 0.25) is 6.10 Å². The van der Waals surface area contributed by atoms with E-state index < -0.39 is 12.1 Å². The van der Waals surface area contributed by atoms with Crippen LogP contribution in [-0.2, 0) is 4.74 Å². The van der Waals surface area contributed by atoms with Crippen LogP contribution in [0.1, 0.15) is 33.9 Å². The van der Waals surface area contributed by atoms with Crippen LogP contribution in [0.4, 0.5) is 0 Å². The average Bonchev–Trinajstić information content (AvgIpc) is 3.12. The van der Waals surface area contributed by atoms with Crippen molar-refractivity contribution in [3.8, 4) is 0 Å². The number of rotatable bonds is 4. The summed E-state index contributed by atoms with van der Waals surface area (Å²) in [5, 5.41) is 5.45. The lowest BCUT2D eigenvalue weighted by molar-refractivity contribution is 0.0310. The van der Waals surface area contributed by atoms with E-state index in [0.717, 1.165) is 16.3 Å². The highest BCUT2D eigenvalue weighted by atomic mass is 16.6. The van der Waals surface area contributed by atoms with E-state index in [9.17, 15) is 4.79 Å². The number of hydrogen-bond donors (Lipinski definition) is 0. The lowest BCUT2D eigenvalue weighted by Crippen LogP contribution is -2.15. The first-order valence-electron chi connectivity index (χ1n) is 8.12. The number of nitrogens with zero attached hydrogens (tertiary/aromatic N) is 3. The molecule has 4 aromatic rings. The monoisotopic (exact) mass is 345 g/mol. The van der Waals surface area contributed by atoms with Gasteiger partial charge in [-0.1, -0.05) is 59.8 Å². The van der Waals surface area contributed by atoms with Crippen LogP contribution in [-0.4, -0.2) is 21.1 Å². The summed E-state index contributed by atoms with van der Waals surface area (Å²) in [5.41, 5.74) is 0.991. The van der Waals surface area contributed by atoms with Gasteiger partial charge in [-0.2, -0.15) is 4.98 Å². The molecule has 0 saturated carbocycles. The molecule has 0 aliphatic heterocycles. The molecule has 2 aromatic heterocycles. The van der Waals surface area contributed by atoms with Gasteiger partial charge in [-0.05, 0) is 18.4 Å². The fourth-order valence-electron chi connectivity index (χ4n) is 2.75. The topological polar surface area (TPSA) is 78.1 Å². The Morgan fingerprint density at radius 2 is 1.81 bits per heavy atom. The van der Waals surface area contributed by atoms with Crippen molar-refractivity contribution in [1.29, 1.82) is 0 Å². The Labute approximate surface area is 149 Å². The van der Waals surface area contributed by atoms with E-state index in [1.54, 1.807) is 13.1 Å². The Balaban J connectivity index is 1.72. The van der Waals surface area contributed by atoms with Crippen molar-refractivity contribution < 1.29 is 14.1 Å². The molecule has 1 atom stereocenters. The van der Waals surface area contributed by atoms with Crippen LogP contribution in [0.5, 0.6) is 0 Å². The molecular formula is C20H15N3O3. The van der Waals surface area contributed by atoms with Crippen molar-refractivity contribution in [3.05, 3.63) is 89.8 Å². The molecule has 2 aromatic carbocycles. The van der Waals surface area contributed by atoms with Crippen molar-refractivity contribution in [2.45, 2.75) is 13.0 Å². The van der Waals surface area contributed by atoms with E-state index in [2.05, 4.69) is 15.1 Å². The van der Waals surface area contributed by atoms with Gasteiger partial charge in [-0.15, -0.1) is 0 Å². The van der Waals surface area contributed by atoms with Gasteiger partial charge in [0, 0.05) is 17.1 Å². The highest BCUT2D eigenvalue weighted by Gasteiger charge is 2.26. The summed E-state index contributed by atoms with van der Waals surface area (Å²) in [7, 11) is 0. The van der Waals surface area contributed by atoms with E-state index in [1.165, 1.54) is 0 Å². The van der Waals surface area contributed by atoms with E-state index in [-0.39, 0.29) is 11.6 Å². The number of aryl methyl sites for hydroxylation is 1. The Morgan fingerprint density at radius 1 is 1.04 bits per heavy atom. The lowest BCUT2D eigenvalue weighted by atomic mass is 10.1. The molecule has 0 amide bonds. The minimum Gasteiger partial charge on any atom is -0.443 e. The quantitative estimate of drug-likeness (QED) is 0.522. The number of benzene rings is 2. The third-order valence-electron chi connectivity index (χ3n) is 3.96. The van der Waals surface area contributed by atoms with Gasteiger partial charge in [0.15, 0.2) is 11.5 Å². The molecule has 0 unspecified atom stereocenters. The summed E-state index contributed by atoms with van der Waals surface area (Å²) >= 11 is 0. The van der Waals surface area contributed by atoms with Gasteiger partial charge in [-0.3, -0.25) is 0 Å². The van der Waals surface area contributed by atoms with Gasteiger partial charge in [-0.25, -0.2) is 9.78 Å². The molecule has 0 bridgehead atoms. The molecule has 6 heteroatoms. The molecule has 2 heterocycles. The number of pyridine rings is 1. The molecule has 0 N–H and O–H groups in total. The Kier molecular flexibility index (Phi) is 4.15. The van der Waals surface area contributed by atoms with Crippen LogP contribution >= 0.6 is 0 Å². The summed E-state index contributed by atoms with van der Waals surface area (Å²) < 4.78 is 11.0. The van der Waals surface area contributed by atoms with Crippen molar-refractivity contribution in [3.63, 3.8) is 0 Å². The number of carbonyl (C=O) groups is 1. The van der Waals surface area contributed by atoms with Gasteiger partial charge in [0.1, 0.15) is 0 Å². The molecule has 0 saturated heterocycles. The first kappa shape index (κ1) is 16.0. The van der Waals surface area contributed by atoms with E-state index in [1.807, 2.05) is 60.7 Å². The van der Waals surface area contributed by atoms with Crippen LogP contribution in [0.15, 0.2) is 71.4 Å². The predicted octanol–water partition coefficient (Wildman–Crippen LogP) is 3.87. The predicted molar refractivity (Wildman–Crippen MR) is 94.5 cm³/mol. The third-order valence-corrected chi connectivity index (χ3v) is 3.96. The Morgan fingerprint density at radius 3 is 2.58 bits per heavy atom. The van der Waals surface area contributed by atoms with Gasteiger partial charge >= 0.3 is 5.97 Å². The van der Waals surface area contributed by atoms with Gasteiger partial charge in [0.05, 0.1) is 0 Å². The number of carbonyl (C=O) groups excluding carboxylic acids is 1.